The van der Waals surface area contributed by atoms with Crippen LogP contribution in [0, 0.1) is 5.82 Å². The molecule has 1 saturated carbocycles. The highest BCUT2D eigenvalue weighted by atomic mass is 35.5. The number of nitrogens with one attached hydrogen (secondary N) is 1. The van der Waals surface area contributed by atoms with Gasteiger partial charge in [-0.1, -0.05) is 11.6 Å². The zero-order valence-electron chi connectivity index (χ0n) is 14.9. The zero-order valence-corrected chi connectivity index (χ0v) is 15.7. The number of rotatable bonds is 5. The number of halogens is 2. The van der Waals surface area contributed by atoms with E-state index in [4.69, 9.17) is 16.3 Å². The summed E-state index contributed by atoms with van der Waals surface area (Å²) in [5.74, 6) is 0.0837. The normalized spacial score (nSPS) is 13.2. The lowest BCUT2D eigenvalue weighted by molar-refractivity contribution is 0.0601. The standard InChI is InChI=1S/C20H16ClFN4O2/c1-28-20(27)15-9-23-7-6-17(15)25-19-14(11-2-3-11)10-24-18(26-19)13-8-12(21)4-5-16(13)22/h4-11H,2-3H2,1H3,(H,23,24,25,26). The summed E-state index contributed by atoms with van der Waals surface area (Å²) in [5, 5.41) is 3.57. The first kappa shape index (κ1) is 18.3. The summed E-state index contributed by atoms with van der Waals surface area (Å²) in [5.41, 5.74) is 1.90. The highest BCUT2D eigenvalue weighted by molar-refractivity contribution is 6.30. The lowest BCUT2D eigenvalue weighted by atomic mass is 10.1. The van der Waals surface area contributed by atoms with Gasteiger partial charge in [-0.05, 0) is 43.0 Å². The molecule has 1 fully saturated rings. The lowest BCUT2D eigenvalue weighted by Gasteiger charge is -2.14. The van der Waals surface area contributed by atoms with Crippen molar-refractivity contribution in [2.45, 2.75) is 18.8 Å². The van der Waals surface area contributed by atoms with Gasteiger partial charge >= 0.3 is 5.97 Å². The molecule has 2 heterocycles. The van der Waals surface area contributed by atoms with E-state index in [0.29, 0.717) is 22.4 Å². The second-order valence-corrected chi connectivity index (χ2v) is 6.87. The van der Waals surface area contributed by atoms with E-state index in [2.05, 4.69) is 20.3 Å². The Balaban J connectivity index is 1.78. The van der Waals surface area contributed by atoms with Crippen LogP contribution in [-0.2, 0) is 4.74 Å². The first-order valence-electron chi connectivity index (χ1n) is 8.68. The summed E-state index contributed by atoms with van der Waals surface area (Å²) in [4.78, 5) is 24.9. The Kier molecular flexibility index (Phi) is 4.92. The maximum Gasteiger partial charge on any atom is 0.341 e. The quantitative estimate of drug-likeness (QED) is 0.625. The molecule has 8 heteroatoms. The van der Waals surface area contributed by atoms with Gasteiger partial charge in [0, 0.05) is 29.2 Å². The molecule has 1 aromatic carbocycles. The molecule has 0 saturated heterocycles. The van der Waals surface area contributed by atoms with E-state index in [9.17, 15) is 9.18 Å². The number of aromatic nitrogens is 3. The molecule has 0 radical (unpaired) electrons. The average Bonchev–Trinajstić information content (AvgIpc) is 3.55. The fourth-order valence-corrected chi connectivity index (χ4v) is 3.06. The highest BCUT2D eigenvalue weighted by Gasteiger charge is 2.28. The molecular weight excluding hydrogens is 383 g/mol. The molecule has 2 aromatic heterocycles. The highest BCUT2D eigenvalue weighted by Crippen LogP contribution is 2.43. The third kappa shape index (κ3) is 3.66. The monoisotopic (exact) mass is 398 g/mol. The summed E-state index contributed by atoms with van der Waals surface area (Å²) >= 11 is 6.00. The van der Waals surface area contributed by atoms with Crippen molar-refractivity contribution in [2.24, 2.45) is 0 Å². The molecule has 28 heavy (non-hydrogen) atoms. The smallest absolute Gasteiger partial charge is 0.341 e. The number of ether oxygens (including phenoxy) is 1. The van der Waals surface area contributed by atoms with Crippen LogP contribution in [-0.4, -0.2) is 28.0 Å². The number of carbonyl (C=O) groups excluding carboxylic acids is 1. The van der Waals surface area contributed by atoms with Crippen molar-refractivity contribution in [1.29, 1.82) is 0 Å². The van der Waals surface area contributed by atoms with Crippen molar-refractivity contribution in [3.05, 3.63) is 64.8 Å². The van der Waals surface area contributed by atoms with Gasteiger partial charge in [-0.3, -0.25) is 4.98 Å². The topological polar surface area (TPSA) is 77.0 Å². The van der Waals surface area contributed by atoms with Crippen LogP contribution >= 0.6 is 11.6 Å². The number of anilines is 2. The van der Waals surface area contributed by atoms with Crippen molar-refractivity contribution >= 4 is 29.1 Å². The van der Waals surface area contributed by atoms with Crippen LogP contribution in [0.25, 0.3) is 11.4 Å². The van der Waals surface area contributed by atoms with Gasteiger partial charge in [0.05, 0.1) is 18.4 Å². The van der Waals surface area contributed by atoms with Gasteiger partial charge in [0.15, 0.2) is 5.82 Å². The van der Waals surface area contributed by atoms with E-state index >= 15 is 0 Å². The molecule has 0 spiro atoms. The molecule has 6 nitrogen and oxygen atoms in total. The Morgan fingerprint density at radius 3 is 2.86 bits per heavy atom. The second kappa shape index (κ2) is 7.52. The Labute approximate surface area is 165 Å². The molecule has 1 aliphatic carbocycles. The Hall–Kier alpha value is -3.06. The van der Waals surface area contributed by atoms with Gasteiger partial charge in [-0.25, -0.2) is 19.2 Å². The molecule has 0 amide bonds. The summed E-state index contributed by atoms with van der Waals surface area (Å²) in [6.07, 6.45) is 6.74. The first-order valence-corrected chi connectivity index (χ1v) is 9.06. The molecule has 3 aromatic rings. The van der Waals surface area contributed by atoms with Crippen LogP contribution < -0.4 is 5.32 Å². The molecule has 0 unspecified atom stereocenters. The van der Waals surface area contributed by atoms with Crippen LogP contribution in [0.1, 0.15) is 34.7 Å². The third-order valence-electron chi connectivity index (χ3n) is 4.48. The van der Waals surface area contributed by atoms with Crippen molar-refractivity contribution < 1.29 is 13.9 Å². The predicted octanol–water partition coefficient (Wildman–Crippen LogP) is 4.74. The van der Waals surface area contributed by atoms with E-state index in [1.165, 1.54) is 31.5 Å². The number of pyridine rings is 1. The number of carbonyl (C=O) groups is 1. The number of hydrogen-bond donors (Lipinski definition) is 1. The molecule has 0 aliphatic heterocycles. The van der Waals surface area contributed by atoms with Crippen molar-refractivity contribution in [3.8, 4) is 11.4 Å². The second-order valence-electron chi connectivity index (χ2n) is 6.43. The van der Waals surface area contributed by atoms with E-state index in [-0.39, 0.29) is 17.0 Å². The molecule has 1 aliphatic rings. The minimum atomic E-state index is -0.515. The lowest BCUT2D eigenvalue weighted by Crippen LogP contribution is -2.08. The first-order chi connectivity index (χ1) is 13.6. The SMILES string of the molecule is COC(=O)c1cnccc1Nc1nc(-c2cc(Cl)ccc2F)ncc1C1CC1. The maximum atomic E-state index is 14.3. The predicted molar refractivity (Wildman–Crippen MR) is 103 cm³/mol. The van der Waals surface area contributed by atoms with Crippen LogP contribution in [0.4, 0.5) is 15.9 Å². The fraction of sp³-hybridized carbons (Fsp3) is 0.200. The average molecular weight is 399 g/mol. The fourth-order valence-electron chi connectivity index (χ4n) is 2.89. The van der Waals surface area contributed by atoms with Gasteiger partial charge < -0.3 is 10.1 Å². The minimum absolute atomic E-state index is 0.209. The van der Waals surface area contributed by atoms with Crippen LogP contribution in [0.15, 0.2) is 42.9 Å². The Bertz CT molecular complexity index is 1060. The number of esters is 1. The van der Waals surface area contributed by atoms with Gasteiger partial charge in [0.25, 0.3) is 0 Å². The van der Waals surface area contributed by atoms with E-state index in [1.807, 2.05) is 0 Å². The maximum absolute atomic E-state index is 14.3. The van der Waals surface area contributed by atoms with E-state index in [1.54, 1.807) is 18.5 Å². The van der Waals surface area contributed by atoms with Crippen LogP contribution in [0.3, 0.4) is 0 Å². The number of methoxy groups -OCH3 is 1. The molecule has 142 valence electrons. The van der Waals surface area contributed by atoms with Crippen molar-refractivity contribution in [1.82, 2.24) is 15.0 Å². The largest absolute Gasteiger partial charge is 0.465 e. The van der Waals surface area contributed by atoms with E-state index < -0.39 is 11.8 Å². The summed E-state index contributed by atoms with van der Waals surface area (Å²) in [7, 11) is 1.31. The number of hydrogen-bond acceptors (Lipinski definition) is 6. The molecule has 1 N–H and O–H groups in total. The van der Waals surface area contributed by atoms with Crippen LogP contribution in [0.2, 0.25) is 5.02 Å². The summed E-state index contributed by atoms with van der Waals surface area (Å²) in [6, 6.07) is 5.89. The molecule has 0 bridgehead atoms. The molecular formula is C20H16ClFN4O2. The van der Waals surface area contributed by atoms with E-state index in [0.717, 1.165) is 18.4 Å². The molecule has 0 atom stereocenters. The Morgan fingerprint density at radius 2 is 2.11 bits per heavy atom. The van der Waals surface area contributed by atoms with Crippen molar-refractivity contribution in [2.75, 3.05) is 12.4 Å². The van der Waals surface area contributed by atoms with Gasteiger partial charge in [-0.15, -0.1) is 0 Å². The van der Waals surface area contributed by atoms with Gasteiger partial charge in [0.2, 0.25) is 0 Å². The number of nitrogens with zero attached hydrogens (tertiary/aromatic N) is 3. The van der Waals surface area contributed by atoms with Gasteiger partial charge in [-0.2, -0.15) is 0 Å². The molecule has 4 rings (SSSR count). The van der Waals surface area contributed by atoms with Crippen LogP contribution in [0.5, 0.6) is 0 Å². The third-order valence-corrected chi connectivity index (χ3v) is 4.72. The van der Waals surface area contributed by atoms with Gasteiger partial charge in [0.1, 0.15) is 17.2 Å². The number of benzene rings is 1. The summed E-state index contributed by atoms with van der Waals surface area (Å²) < 4.78 is 19.1. The minimum Gasteiger partial charge on any atom is -0.465 e. The zero-order chi connectivity index (χ0) is 19.7. The van der Waals surface area contributed by atoms with Crippen molar-refractivity contribution in [3.63, 3.8) is 0 Å². The Morgan fingerprint density at radius 1 is 1.29 bits per heavy atom. The summed E-state index contributed by atoms with van der Waals surface area (Å²) in [6.45, 7) is 0.